The summed E-state index contributed by atoms with van der Waals surface area (Å²) in [5.41, 5.74) is 7.44. The smallest absolute Gasteiger partial charge is 0.397 e. The number of amides is 4. The Labute approximate surface area is 781 Å². The van der Waals surface area contributed by atoms with Crippen LogP contribution >= 0.6 is 0 Å². The average Bonchev–Trinajstić information content (AvgIpc) is 0.749. The minimum atomic E-state index is -6.19. The van der Waals surface area contributed by atoms with E-state index in [0.29, 0.717) is 48.4 Å². The quantitative estimate of drug-likeness (QED) is 0.0127. The summed E-state index contributed by atoms with van der Waals surface area (Å²) >= 11 is 0. The molecule has 4 amide bonds. The van der Waals surface area contributed by atoms with E-state index in [1.54, 1.807) is 24.0 Å². The molecule has 2 aromatic carbocycles. The summed E-state index contributed by atoms with van der Waals surface area (Å²) in [6.45, 7) is -0.156. The van der Waals surface area contributed by atoms with Gasteiger partial charge in [-0.1, -0.05) is 24.3 Å². The highest BCUT2D eigenvalue weighted by molar-refractivity contribution is 7.89. The first-order valence-electron chi connectivity index (χ1n) is 40.8. The molecule has 776 valence electrons. The van der Waals surface area contributed by atoms with E-state index in [1.165, 1.54) is 39.2 Å². The number of aliphatic carboxylic acids is 2. The van der Waals surface area contributed by atoms with Gasteiger partial charge in [-0.25, -0.2) is 38.9 Å². The van der Waals surface area contributed by atoms with Crippen molar-refractivity contribution in [1.82, 2.24) is 25.6 Å². The molecule has 27 atom stereocenters. The maximum absolute atomic E-state index is 14.6. The molecule has 0 radical (unpaired) electrons. The first-order chi connectivity index (χ1) is 63.7. The molecule has 0 aliphatic carbocycles. The monoisotopic (exact) mass is 2080 g/mol. The van der Waals surface area contributed by atoms with Crippen molar-refractivity contribution in [3.05, 3.63) is 58.1 Å². The number of carbonyl (C=O) groups excluding carboxylic acids is 4. The molecular formula is C73H113N7O50S6. The molecule has 6 aliphatic rings. The average molecular weight is 2080 g/mol. The number of piperidine rings is 1. The fourth-order valence-corrected chi connectivity index (χ4v) is 19.7. The molecule has 8 rings (SSSR count). The molecule has 6 heterocycles. The van der Waals surface area contributed by atoms with Gasteiger partial charge < -0.3 is 132 Å². The second-order valence-electron chi connectivity index (χ2n) is 30.9. The van der Waals surface area contributed by atoms with Crippen molar-refractivity contribution in [3.8, 4) is 5.75 Å². The highest BCUT2D eigenvalue weighted by atomic mass is 32.3. The standard InChI is InChI=1S/C73H113N7O50S6/c1-33-26-40(106-4)34(2)35(3)63(33)131(89,90)79-38(65(83)78-39(66(84)80-23-15-14-16-24-80)27-36-18-20-37(21-19-36)64(74)75)28-44(81)77-29-45(82)76-22-17-25-116-46-41(30-117-132(91,92)93)121-70(59(112-10)49(46)107-5)125-53-51(109-7)61(114-12)72(128-56(53)67(85)86)124-48-43(32-119-134(97,98)99)122-73(62(130-136(103,104)105)55(48)129-135(100,101)102)126-54-52(110-8)60(113-11)71(127-57(54)68(87)88)123-47-42(31-118-133(94,95)96)120-69(115-13)58(111-9)50(47)108-6/h18-21,26,38-39,41-43,46-62,69-73,79H,14-17,22-25,27-32H2,1-13H3,(H3,74,75)(H,76,82)(H,77,81)(H,78,83)(H,85,86)(H,87,88)(H,91,92,93)(H,94,95,96)(H,97,98,99)(H,100,101,102)(H,103,104,105)/t38?,39?,41-,42-,43-,46-,47-,48-,49+,50+,51+,52+,53+,54+,55+,56+,57-,58-,59-,60-,61-,62-,69+,70-,71-,72-,73-/m1/s1. The Morgan fingerprint density at radius 2 is 0.890 bits per heavy atom. The fourth-order valence-electron chi connectivity index (χ4n) is 16.1. The number of aryl methyl sites for hydroxylation is 1. The number of carboxylic acid groups (broad SMARTS) is 2. The number of benzene rings is 2. The second kappa shape index (κ2) is 50.1. The van der Waals surface area contributed by atoms with E-state index in [0.717, 1.165) is 70.4 Å². The van der Waals surface area contributed by atoms with Gasteiger partial charge in [0.25, 0.3) is 0 Å². The van der Waals surface area contributed by atoms with Crippen LogP contribution in [0, 0.1) is 26.2 Å². The van der Waals surface area contributed by atoms with Crippen LogP contribution in [0.1, 0.15) is 59.9 Å². The molecule has 6 saturated heterocycles. The van der Waals surface area contributed by atoms with E-state index >= 15 is 0 Å². The number of likely N-dealkylation sites (tertiary alicyclic amines) is 1. The van der Waals surface area contributed by atoms with E-state index in [9.17, 15) is 112 Å². The third-order valence-electron chi connectivity index (χ3n) is 22.3. The van der Waals surface area contributed by atoms with Crippen molar-refractivity contribution in [2.24, 2.45) is 5.73 Å². The van der Waals surface area contributed by atoms with Crippen LogP contribution in [0.4, 0.5) is 0 Å². The summed E-state index contributed by atoms with van der Waals surface area (Å²) in [6.07, 6.45) is -52.1. The van der Waals surface area contributed by atoms with Gasteiger partial charge >= 0.3 is 63.9 Å². The van der Waals surface area contributed by atoms with E-state index < -0.39 is 303 Å². The molecule has 136 heavy (non-hydrogen) atoms. The van der Waals surface area contributed by atoms with Crippen LogP contribution in [0.25, 0.3) is 0 Å². The Hall–Kier alpha value is -6.97. The Morgan fingerprint density at radius 1 is 0.478 bits per heavy atom. The fraction of sp³-hybridized carbons (Fsp3) is 0.740. The van der Waals surface area contributed by atoms with Crippen LogP contribution in [-0.4, -0.2) is 419 Å². The zero-order chi connectivity index (χ0) is 101. The van der Waals surface area contributed by atoms with Crippen molar-refractivity contribution < 1.29 is 228 Å². The third kappa shape index (κ3) is 31.0. The second-order valence-corrected chi connectivity index (χ2v) is 38.0. The third-order valence-corrected chi connectivity index (χ3v) is 26.3. The summed E-state index contributed by atoms with van der Waals surface area (Å²) in [5, 5.41) is 37.3. The van der Waals surface area contributed by atoms with Gasteiger partial charge in [0.05, 0.1) is 44.8 Å². The molecule has 0 saturated carbocycles. The van der Waals surface area contributed by atoms with Gasteiger partial charge in [0.2, 0.25) is 33.7 Å². The molecule has 6 aliphatic heterocycles. The highest BCUT2D eigenvalue weighted by Crippen LogP contribution is 2.42. The summed E-state index contributed by atoms with van der Waals surface area (Å²) in [4.78, 5) is 84.8. The molecule has 0 spiro atoms. The van der Waals surface area contributed by atoms with E-state index in [-0.39, 0.29) is 41.2 Å². The van der Waals surface area contributed by atoms with Crippen molar-refractivity contribution >= 4 is 103 Å². The number of amidine groups is 1. The van der Waals surface area contributed by atoms with Crippen molar-refractivity contribution in [3.63, 3.8) is 0 Å². The Balaban J connectivity index is 1.01. The minimum absolute atomic E-state index is 0.123. The molecule has 0 aromatic heterocycles. The number of carbonyl (C=O) groups is 6. The number of nitrogens with zero attached hydrogens (tertiary/aromatic N) is 1. The SMILES string of the molecule is COc1cc(C)c(S(=O)(=O)NC(CC(=O)NCC(=O)NCCCO[C@H]2[C@H](OC)[C@@H](OC)[C@@H](O[C@H]3[C@H](OC)[C@@H](OC)[C@H](O[C@H]4[C@H](OS(=O)(=O)O)[C@@H](OS(=O)(=O)O)[C@@H](O[C@H]5[C@H](OC)[C@@H](OC)[C@H](O[C@H]6[C@H](OC)[C@@H](OC)[C@@H](OC)O[C@@H]6COS(=O)(=O)O)O[C@H]5C(=O)O)O[C@@H]4COS(=O)(=O)O)O[C@@H]3C(=O)O)O[C@@H]2COS(=O)(=O)O)C(=O)NC(Cc2ccc(C(=N)N)cc2)C(=O)N2CCCCC2)c(C)c1C. The Kier molecular flexibility index (Phi) is 42.1. The van der Waals surface area contributed by atoms with E-state index in [2.05, 4.69) is 29.0 Å². The number of ether oxygens (including phenoxy) is 20. The zero-order valence-corrected chi connectivity index (χ0v) is 79.9. The van der Waals surface area contributed by atoms with Crippen LogP contribution < -0.4 is 31.1 Å². The van der Waals surface area contributed by atoms with Gasteiger partial charge in [-0.3, -0.25) is 47.4 Å². The molecular weight excluding hydrogens is 1970 g/mol. The molecule has 6 fully saturated rings. The summed E-state index contributed by atoms with van der Waals surface area (Å²) < 4.78 is 347. The number of rotatable bonds is 51. The maximum Gasteiger partial charge on any atom is 0.397 e. The maximum atomic E-state index is 14.6. The number of nitrogen functional groups attached to an aromatic ring is 1. The van der Waals surface area contributed by atoms with Gasteiger partial charge in [-0.15, -0.1) is 0 Å². The van der Waals surface area contributed by atoms with Gasteiger partial charge in [0.15, 0.2) is 49.8 Å². The lowest BCUT2D eigenvalue weighted by Gasteiger charge is -2.51. The van der Waals surface area contributed by atoms with Crippen molar-refractivity contribution in [1.29, 1.82) is 5.41 Å². The Bertz CT molecular complexity index is 5110. The van der Waals surface area contributed by atoms with Crippen LogP contribution in [0.3, 0.4) is 0 Å². The molecule has 14 N–H and O–H groups in total. The van der Waals surface area contributed by atoms with Crippen molar-refractivity contribution in [2.75, 3.05) is 124 Å². The van der Waals surface area contributed by atoms with Crippen LogP contribution in [0.2, 0.25) is 0 Å². The predicted molar refractivity (Wildman–Crippen MR) is 447 cm³/mol. The van der Waals surface area contributed by atoms with Gasteiger partial charge in [-0.05, 0) is 74.8 Å². The Morgan fingerprint density at radius 3 is 1.32 bits per heavy atom. The number of methoxy groups -OCH3 is 10. The number of sulfonamides is 1. The normalized spacial score (nSPS) is 30.5. The van der Waals surface area contributed by atoms with Gasteiger partial charge in [0.1, 0.15) is 127 Å². The number of carboxylic acids is 2. The zero-order valence-electron chi connectivity index (χ0n) is 75.0. The number of nitrogens with one attached hydrogen (secondary N) is 5. The molecule has 2 aromatic rings. The number of nitrogens with two attached hydrogens (primary N) is 1. The lowest BCUT2D eigenvalue weighted by Crippen LogP contribution is -2.70. The largest absolute Gasteiger partial charge is 0.496 e. The molecule has 57 nitrogen and oxygen atoms in total. The van der Waals surface area contributed by atoms with Gasteiger partial charge in [-0.2, -0.15) is 46.8 Å². The number of hydrogen-bond donors (Lipinski definition) is 13. The summed E-state index contributed by atoms with van der Waals surface area (Å²) in [5.74, 6) is -7.49. The van der Waals surface area contributed by atoms with Crippen LogP contribution in [0.15, 0.2) is 35.2 Å². The van der Waals surface area contributed by atoms with E-state index in [1.807, 2.05) is 0 Å². The van der Waals surface area contributed by atoms with Crippen LogP contribution in [0.5, 0.6) is 5.75 Å². The lowest BCUT2D eigenvalue weighted by molar-refractivity contribution is -0.389. The first-order valence-corrected chi connectivity index (χ1v) is 49.1. The highest BCUT2D eigenvalue weighted by Gasteiger charge is 2.63. The first kappa shape index (κ1) is 114. The predicted octanol–water partition coefficient (Wildman–Crippen LogP) is -5.38. The molecule has 63 heteroatoms. The van der Waals surface area contributed by atoms with Crippen molar-refractivity contribution in [2.45, 2.75) is 230 Å². The van der Waals surface area contributed by atoms with E-state index in [4.69, 9.17) is 118 Å². The van der Waals surface area contributed by atoms with Crippen LogP contribution in [-0.2, 0) is 208 Å². The van der Waals surface area contributed by atoms with Gasteiger partial charge in [0, 0.05) is 102 Å². The minimum Gasteiger partial charge on any atom is -0.496 e. The topological polar surface area (TPSA) is 781 Å². The summed E-state index contributed by atoms with van der Waals surface area (Å²) in [7, 11) is -23.0. The summed E-state index contributed by atoms with van der Waals surface area (Å²) in [6, 6.07) is 4.47. The lowest BCUT2D eigenvalue weighted by atomic mass is 9.94. The molecule has 2 unspecified atom stereocenters. The number of hydrogen-bond acceptors (Lipinski definition) is 44. The molecule has 0 bridgehead atoms.